The number of hydrogen-bond donors (Lipinski definition) is 2. The fourth-order valence-electron chi connectivity index (χ4n) is 3.60. The first-order valence-electron chi connectivity index (χ1n) is 7.24. The molecule has 1 saturated carbocycles. The quantitative estimate of drug-likeness (QED) is 0.768. The Balaban J connectivity index is 1.98. The third-order valence-electron chi connectivity index (χ3n) is 4.88. The number of nitrogens with two attached hydrogens (primary N) is 1. The summed E-state index contributed by atoms with van der Waals surface area (Å²) in [6, 6.07) is 0.665. The summed E-state index contributed by atoms with van der Waals surface area (Å²) in [5.74, 6) is 1.93. The highest BCUT2D eigenvalue weighted by atomic mass is 16.3. The normalized spacial score (nSPS) is 44.8. The first-order valence-corrected chi connectivity index (χ1v) is 7.24. The van der Waals surface area contributed by atoms with Crippen LogP contribution in [0.3, 0.4) is 0 Å². The smallest absolute Gasteiger partial charge is 0.0590 e. The van der Waals surface area contributed by atoms with Crippen LogP contribution in [0.5, 0.6) is 0 Å². The molecule has 0 aromatic heterocycles. The van der Waals surface area contributed by atoms with Crippen LogP contribution in [-0.2, 0) is 0 Å². The maximum Gasteiger partial charge on any atom is 0.0590 e. The molecule has 0 amide bonds. The zero-order chi connectivity index (χ0) is 12.4. The lowest BCUT2D eigenvalue weighted by atomic mass is 9.77. The highest BCUT2D eigenvalue weighted by Gasteiger charge is 2.35. The predicted octanol–water partition coefficient (Wildman–Crippen LogP) is 1.45. The van der Waals surface area contributed by atoms with Gasteiger partial charge >= 0.3 is 0 Å². The van der Waals surface area contributed by atoms with Crippen molar-refractivity contribution in [1.82, 2.24) is 4.90 Å². The van der Waals surface area contributed by atoms with Gasteiger partial charge < -0.3 is 10.8 Å². The molecule has 0 radical (unpaired) electrons. The van der Waals surface area contributed by atoms with Crippen molar-refractivity contribution in [3.05, 3.63) is 0 Å². The first-order chi connectivity index (χ1) is 8.11. The molecule has 1 heterocycles. The second-order valence-corrected chi connectivity index (χ2v) is 6.31. The Kier molecular flexibility index (Phi) is 4.45. The van der Waals surface area contributed by atoms with Gasteiger partial charge in [0.05, 0.1) is 6.10 Å². The van der Waals surface area contributed by atoms with Crippen LogP contribution in [0.1, 0.15) is 39.5 Å². The standard InChI is InChI=1S/C14H28N2O/c1-10-3-4-12(8-15)13(7-10)16-6-5-14(17)11(2)9-16/h10-14,17H,3-9,15H2,1-2H3. The lowest BCUT2D eigenvalue weighted by Crippen LogP contribution is -2.52. The van der Waals surface area contributed by atoms with Crippen molar-refractivity contribution in [2.45, 2.75) is 51.7 Å². The molecular formula is C14H28N2O. The minimum atomic E-state index is -0.0939. The topological polar surface area (TPSA) is 49.5 Å². The lowest BCUT2D eigenvalue weighted by Gasteiger charge is -2.45. The van der Waals surface area contributed by atoms with Gasteiger partial charge in [-0.2, -0.15) is 0 Å². The zero-order valence-electron chi connectivity index (χ0n) is 11.3. The average molecular weight is 240 g/mol. The van der Waals surface area contributed by atoms with Gasteiger partial charge in [-0.15, -0.1) is 0 Å². The van der Waals surface area contributed by atoms with E-state index in [9.17, 15) is 5.11 Å². The van der Waals surface area contributed by atoms with E-state index in [4.69, 9.17) is 5.73 Å². The summed E-state index contributed by atoms with van der Waals surface area (Å²) < 4.78 is 0. The molecule has 0 aromatic rings. The molecule has 100 valence electrons. The van der Waals surface area contributed by atoms with E-state index in [0.29, 0.717) is 17.9 Å². The van der Waals surface area contributed by atoms with Crippen LogP contribution in [0.15, 0.2) is 0 Å². The van der Waals surface area contributed by atoms with Crippen LogP contribution in [-0.4, -0.2) is 41.8 Å². The van der Waals surface area contributed by atoms with Gasteiger partial charge in [-0.3, -0.25) is 4.90 Å². The van der Waals surface area contributed by atoms with Crippen LogP contribution in [0.4, 0.5) is 0 Å². The van der Waals surface area contributed by atoms with E-state index < -0.39 is 0 Å². The van der Waals surface area contributed by atoms with Crippen LogP contribution < -0.4 is 5.73 Å². The molecule has 3 nitrogen and oxygen atoms in total. The molecule has 0 bridgehead atoms. The van der Waals surface area contributed by atoms with Crippen LogP contribution in [0.2, 0.25) is 0 Å². The SMILES string of the molecule is CC1CCC(CN)C(N2CCC(O)C(C)C2)C1. The van der Waals surface area contributed by atoms with Crippen molar-refractivity contribution in [3.8, 4) is 0 Å². The van der Waals surface area contributed by atoms with Crippen molar-refractivity contribution >= 4 is 0 Å². The molecule has 5 atom stereocenters. The number of likely N-dealkylation sites (tertiary alicyclic amines) is 1. The molecular weight excluding hydrogens is 212 g/mol. The molecule has 2 rings (SSSR count). The third-order valence-corrected chi connectivity index (χ3v) is 4.88. The minimum Gasteiger partial charge on any atom is -0.393 e. The van der Waals surface area contributed by atoms with E-state index >= 15 is 0 Å². The number of aliphatic hydroxyl groups is 1. The molecule has 1 saturated heterocycles. The second kappa shape index (κ2) is 5.68. The lowest BCUT2D eigenvalue weighted by molar-refractivity contribution is -0.00939. The maximum absolute atomic E-state index is 9.82. The predicted molar refractivity (Wildman–Crippen MR) is 70.7 cm³/mol. The van der Waals surface area contributed by atoms with E-state index in [1.807, 2.05) is 0 Å². The van der Waals surface area contributed by atoms with Crippen molar-refractivity contribution in [2.75, 3.05) is 19.6 Å². The molecule has 17 heavy (non-hydrogen) atoms. The zero-order valence-corrected chi connectivity index (χ0v) is 11.3. The summed E-state index contributed by atoms with van der Waals surface area (Å²) in [6.07, 6.45) is 4.76. The minimum absolute atomic E-state index is 0.0939. The molecule has 3 N–H and O–H groups in total. The Labute approximate surface area is 105 Å². The molecule has 3 heteroatoms. The number of nitrogens with zero attached hydrogens (tertiary/aromatic N) is 1. The van der Waals surface area contributed by atoms with E-state index in [1.54, 1.807) is 0 Å². The molecule has 2 aliphatic rings. The number of aliphatic hydroxyl groups excluding tert-OH is 1. The van der Waals surface area contributed by atoms with Gasteiger partial charge in [0.2, 0.25) is 0 Å². The van der Waals surface area contributed by atoms with Gasteiger partial charge in [-0.1, -0.05) is 20.3 Å². The largest absolute Gasteiger partial charge is 0.393 e. The fraction of sp³-hybridized carbons (Fsp3) is 1.00. The summed E-state index contributed by atoms with van der Waals surface area (Å²) in [5.41, 5.74) is 5.93. The van der Waals surface area contributed by atoms with Gasteiger partial charge in [0.1, 0.15) is 0 Å². The van der Waals surface area contributed by atoms with E-state index in [-0.39, 0.29) is 6.10 Å². The summed E-state index contributed by atoms with van der Waals surface area (Å²) in [5, 5.41) is 9.82. The van der Waals surface area contributed by atoms with Crippen molar-refractivity contribution in [1.29, 1.82) is 0 Å². The number of hydrogen-bond acceptors (Lipinski definition) is 3. The van der Waals surface area contributed by atoms with Gasteiger partial charge in [0.25, 0.3) is 0 Å². The van der Waals surface area contributed by atoms with Gasteiger partial charge in [-0.05, 0) is 43.6 Å². The Morgan fingerprint density at radius 2 is 2.00 bits per heavy atom. The Morgan fingerprint density at radius 1 is 1.24 bits per heavy atom. The molecule has 5 unspecified atom stereocenters. The molecule has 0 aromatic carbocycles. The highest BCUT2D eigenvalue weighted by Crippen LogP contribution is 2.33. The van der Waals surface area contributed by atoms with Gasteiger partial charge in [0.15, 0.2) is 0 Å². The van der Waals surface area contributed by atoms with Crippen molar-refractivity contribution in [2.24, 2.45) is 23.5 Å². The molecule has 2 fully saturated rings. The monoisotopic (exact) mass is 240 g/mol. The van der Waals surface area contributed by atoms with Gasteiger partial charge in [0, 0.05) is 19.1 Å². The Morgan fingerprint density at radius 3 is 2.65 bits per heavy atom. The van der Waals surface area contributed by atoms with E-state index in [0.717, 1.165) is 32.0 Å². The van der Waals surface area contributed by atoms with Crippen molar-refractivity contribution in [3.63, 3.8) is 0 Å². The number of piperidine rings is 1. The third kappa shape index (κ3) is 3.01. The van der Waals surface area contributed by atoms with Crippen LogP contribution >= 0.6 is 0 Å². The molecule has 1 aliphatic heterocycles. The average Bonchev–Trinajstić information content (AvgIpc) is 2.32. The van der Waals surface area contributed by atoms with E-state index in [2.05, 4.69) is 18.7 Å². The highest BCUT2D eigenvalue weighted by molar-refractivity contribution is 4.89. The second-order valence-electron chi connectivity index (χ2n) is 6.31. The summed E-state index contributed by atoms with van der Waals surface area (Å²) in [6.45, 7) is 7.46. The van der Waals surface area contributed by atoms with Gasteiger partial charge in [-0.25, -0.2) is 0 Å². The summed E-state index contributed by atoms with van der Waals surface area (Å²) in [4.78, 5) is 2.60. The summed E-state index contributed by atoms with van der Waals surface area (Å²) >= 11 is 0. The first kappa shape index (κ1) is 13.3. The molecule has 1 aliphatic carbocycles. The Hall–Kier alpha value is -0.120. The number of rotatable bonds is 2. The maximum atomic E-state index is 9.82. The van der Waals surface area contributed by atoms with Crippen LogP contribution in [0.25, 0.3) is 0 Å². The fourth-order valence-corrected chi connectivity index (χ4v) is 3.60. The van der Waals surface area contributed by atoms with E-state index in [1.165, 1.54) is 19.3 Å². The van der Waals surface area contributed by atoms with Crippen LogP contribution in [0, 0.1) is 17.8 Å². The molecule has 0 spiro atoms. The van der Waals surface area contributed by atoms with Crippen molar-refractivity contribution < 1.29 is 5.11 Å². The Bertz CT molecular complexity index is 246. The summed E-state index contributed by atoms with van der Waals surface area (Å²) in [7, 11) is 0.